The van der Waals surface area contributed by atoms with Gasteiger partial charge in [-0.3, -0.25) is 0 Å². The molecule has 0 bridgehead atoms. The van der Waals surface area contributed by atoms with Gasteiger partial charge < -0.3 is 10.6 Å². The summed E-state index contributed by atoms with van der Waals surface area (Å²) in [5.74, 6) is 0.871. The van der Waals surface area contributed by atoms with Crippen LogP contribution in [0.3, 0.4) is 0 Å². The third kappa shape index (κ3) is 2.56. The lowest BCUT2D eigenvalue weighted by atomic mass is 9.95. The summed E-state index contributed by atoms with van der Waals surface area (Å²) in [5, 5.41) is 0. The van der Waals surface area contributed by atoms with Gasteiger partial charge in [0.15, 0.2) is 0 Å². The molecule has 1 aliphatic heterocycles. The summed E-state index contributed by atoms with van der Waals surface area (Å²) >= 11 is 0. The fourth-order valence-electron chi connectivity index (χ4n) is 2.51. The van der Waals surface area contributed by atoms with Crippen molar-refractivity contribution >= 4 is 5.69 Å². The number of anilines is 1. The van der Waals surface area contributed by atoms with E-state index in [0.717, 1.165) is 5.92 Å². The molecule has 1 fully saturated rings. The molecule has 1 unspecified atom stereocenters. The van der Waals surface area contributed by atoms with Crippen LogP contribution in [-0.2, 0) is 6.54 Å². The highest BCUT2D eigenvalue weighted by Crippen LogP contribution is 2.25. The Morgan fingerprint density at radius 1 is 1.44 bits per heavy atom. The van der Waals surface area contributed by atoms with Gasteiger partial charge in [0, 0.05) is 25.3 Å². The number of nitrogens with two attached hydrogens (primary N) is 1. The first kappa shape index (κ1) is 11.5. The topological polar surface area (TPSA) is 29.3 Å². The second-order valence-corrected chi connectivity index (χ2v) is 4.74. The summed E-state index contributed by atoms with van der Waals surface area (Å²) in [6.07, 6.45) is 4.02. The van der Waals surface area contributed by atoms with Crippen molar-refractivity contribution in [2.45, 2.75) is 32.7 Å². The largest absolute Gasteiger partial charge is 0.371 e. The molecule has 2 rings (SSSR count). The van der Waals surface area contributed by atoms with Crippen LogP contribution in [0.5, 0.6) is 0 Å². The van der Waals surface area contributed by atoms with Gasteiger partial charge in [-0.15, -0.1) is 0 Å². The molecule has 2 heteroatoms. The van der Waals surface area contributed by atoms with Gasteiger partial charge in [-0.25, -0.2) is 0 Å². The Bertz CT molecular complexity index is 335. The van der Waals surface area contributed by atoms with Crippen molar-refractivity contribution in [3.8, 4) is 0 Å². The summed E-state index contributed by atoms with van der Waals surface area (Å²) < 4.78 is 0. The van der Waals surface area contributed by atoms with Crippen LogP contribution in [0.1, 0.15) is 31.7 Å². The van der Waals surface area contributed by atoms with Crippen LogP contribution in [0.4, 0.5) is 5.69 Å². The van der Waals surface area contributed by atoms with Crippen molar-refractivity contribution in [2.75, 3.05) is 18.0 Å². The highest BCUT2D eigenvalue weighted by molar-refractivity contribution is 5.49. The Kier molecular flexibility index (Phi) is 3.83. The minimum atomic E-state index is 0.638. The van der Waals surface area contributed by atoms with E-state index in [0.29, 0.717) is 6.54 Å². The van der Waals surface area contributed by atoms with E-state index in [1.807, 2.05) is 0 Å². The average Bonchev–Trinajstić information content (AvgIpc) is 2.39. The van der Waals surface area contributed by atoms with Crippen LogP contribution in [0.25, 0.3) is 0 Å². The predicted molar refractivity (Wildman–Crippen MR) is 69.6 cm³/mol. The van der Waals surface area contributed by atoms with Gasteiger partial charge in [-0.2, -0.15) is 0 Å². The second kappa shape index (κ2) is 5.35. The second-order valence-electron chi connectivity index (χ2n) is 4.74. The zero-order valence-corrected chi connectivity index (χ0v) is 10.2. The minimum absolute atomic E-state index is 0.638. The molecule has 1 aliphatic rings. The molecule has 16 heavy (non-hydrogen) atoms. The fourth-order valence-corrected chi connectivity index (χ4v) is 2.51. The van der Waals surface area contributed by atoms with Crippen molar-refractivity contribution < 1.29 is 0 Å². The molecule has 2 nitrogen and oxygen atoms in total. The van der Waals surface area contributed by atoms with Crippen LogP contribution in [0.15, 0.2) is 24.3 Å². The number of benzene rings is 1. The maximum Gasteiger partial charge on any atom is 0.0369 e. The van der Waals surface area contributed by atoms with E-state index in [9.17, 15) is 0 Å². The Labute approximate surface area is 98.4 Å². The number of rotatable bonds is 3. The molecule has 1 heterocycles. The molecule has 1 atom stereocenters. The molecular formula is C14H22N2. The van der Waals surface area contributed by atoms with Crippen molar-refractivity contribution in [1.29, 1.82) is 0 Å². The van der Waals surface area contributed by atoms with E-state index in [2.05, 4.69) is 36.1 Å². The Morgan fingerprint density at radius 3 is 3.06 bits per heavy atom. The van der Waals surface area contributed by atoms with E-state index in [1.165, 1.54) is 43.6 Å². The first-order valence-corrected chi connectivity index (χ1v) is 6.37. The molecule has 1 saturated heterocycles. The molecule has 0 aliphatic carbocycles. The number of hydrogen-bond donors (Lipinski definition) is 1. The molecule has 0 radical (unpaired) electrons. The average molecular weight is 218 g/mol. The lowest BCUT2D eigenvalue weighted by Crippen LogP contribution is -2.35. The number of piperidine rings is 1. The van der Waals surface area contributed by atoms with Crippen LogP contribution < -0.4 is 10.6 Å². The van der Waals surface area contributed by atoms with Gasteiger partial charge in [0.05, 0.1) is 0 Å². The van der Waals surface area contributed by atoms with Crippen LogP contribution in [0.2, 0.25) is 0 Å². The lowest BCUT2D eigenvalue weighted by Gasteiger charge is -2.34. The molecule has 0 aromatic heterocycles. The number of nitrogens with zero attached hydrogens (tertiary/aromatic N) is 1. The molecule has 1 aromatic carbocycles. The zero-order valence-electron chi connectivity index (χ0n) is 10.2. The molecule has 0 spiro atoms. The van der Waals surface area contributed by atoms with E-state index >= 15 is 0 Å². The smallest absolute Gasteiger partial charge is 0.0369 e. The molecule has 1 aromatic rings. The summed E-state index contributed by atoms with van der Waals surface area (Å²) in [6.45, 7) is 5.35. The molecule has 0 amide bonds. The van der Waals surface area contributed by atoms with Crippen LogP contribution in [-0.4, -0.2) is 13.1 Å². The quantitative estimate of drug-likeness (QED) is 0.845. The maximum atomic E-state index is 5.68. The fraction of sp³-hybridized carbons (Fsp3) is 0.571. The van der Waals surface area contributed by atoms with Crippen molar-refractivity contribution in [3.63, 3.8) is 0 Å². The summed E-state index contributed by atoms with van der Waals surface area (Å²) in [7, 11) is 0. The normalized spacial score (nSPS) is 21.1. The van der Waals surface area contributed by atoms with E-state index in [4.69, 9.17) is 5.73 Å². The minimum Gasteiger partial charge on any atom is -0.371 e. The number of hydrogen-bond acceptors (Lipinski definition) is 2. The van der Waals surface area contributed by atoms with Crippen molar-refractivity contribution in [1.82, 2.24) is 0 Å². The Balaban J connectivity index is 2.10. The molecular weight excluding hydrogens is 196 g/mol. The molecule has 0 saturated carbocycles. The van der Waals surface area contributed by atoms with Gasteiger partial charge in [0.1, 0.15) is 0 Å². The third-order valence-electron chi connectivity index (χ3n) is 3.61. The van der Waals surface area contributed by atoms with Gasteiger partial charge >= 0.3 is 0 Å². The summed E-state index contributed by atoms with van der Waals surface area (Å²) in [4.78, 5) is 2.51. The van der Waals surface area contributed by atoms with Crippen molar-refractivity contribution in [2.24, 2.45) is 11.7 Å². The monoisotopic (exact) mass is 218 g/mol. The Morgan fingerprint density at radius 2 is 2.31 bits per heavy atom. The zero-order chi connectivity index (χ0) is 11.4. The highest BCUT2D eigenvalue weighted by atomic mass is 15.1. The van der Waals surface area contributed by atoms with Gasteiger partial charge in [-0.1, -0.05) is 25.5 Å². The van der Waals surface area contributed by atoms with E-state index in [1.54, 1.807) is 0 Å². The standard InChI is InChI=1S/C14H22N2/c1-2-12-6-4-8-16(11-12)14-7-3-5-13(9-14)10-15/h3,5,7,9,12H,2,4,6,8,10-11,15H2,1H3. The van der Waals surface area contributed by atoms with Gasteiger partial charge in [-0.05, 0) is 36.5 Å². The van der Waals surface area contributed by atoms with E-state index < -0.39 is 0 Å². The SMILES string of the molecule is CCC1CCCN(c2cccc(CN)c2)C1. The summed E-state index contributed by atoms with van der Waals surface area (Å²) in [5.41, 5.74) is 8.26. The maximum absolute atomic E-state index is 5.68. The Hall–Kier alpha value is -1.02. The van der Waals surface area contributed by atoms with Crippen LogP contribution in [0, 0.1) is 5.92 Å². The predicted octanol–water partition coefficient (Wildman–Crippen LogP) is 2.77. The first-order chi connectivity index (χ1) is 7.83. The van der Waals surface area contributed by atoms with Gasteiger partial charge in [0.25, 0.3) is 0 Å². The van der Waals surface area contributed by atoms with Gasteiger partial charge in [0.2, 0.25) is 0 Å². The first-order valence-electron chi connectivity index (χ1n) is 6.37. The lowest BCUT2D eigenvalue weighted by molar-refractivity contribution is 0.404. The highest BCUT2D eigenvalue weighted by Gasteiger charge is 2.18. The third-order valence-corrected chi connectivity index (χ3v) is 3.61. The van der Waals surface area contributed by atoms with E-state index in [-0.39, 0.29) is 0 Å². The molecule has 2 N–H and O–H groups in total. The van der Waals surface area contributed by atoms with Crippen molar-refractivity contribution in [3.05, 3.63) is 29.8 Å². The molecule has 88 valence electrons. The van der Waals surface area contributed by atoms with Crippen LogP contribution >= 0.6 is 0 Å². The summed E-state index contributed by atoms with van der Waals surface area (Å²) in [6, 6.07) is 8.66.